The second-order valence-electron chi connectivity index (χ2n) is 7.78. The van der Waals surface area contributed by atoms with Gasteiger partial charge in [-0.3, -0.25) is 4.79 Å². The van der Waals surface area contributed by atoms with Crippen molar-refractivity contribution in [3.05, 3.63) is 36.5 Å². The smallest absolute Gasteiger partial charge is 0.156 e. The first-order valence-corrected chi connectivity index (χ1v) is 8.43. The molecule has 2 heteroatoms. The van der Waals surface area contributed by atoms with Crippen LogP contribution in [-0.2, 0) is 4.79 Å². The van der Waals surface area contributed by atoms with E-state index in [9.17, 15) is 9.90 Å². The van der Waals surface area contributed by atoms with Gasteiger partial charge in [0.2, 0.25) is 0 Å². The molecule has 0 aromatic rings. The van der Waals surface area contributed by atoms with E-state index in [1.807, 2.05) is 6.08 Å². The Balaban J connectivity index is 2.36. The molecule has 0 spiro atoms. The molecule has 0 aromatic heterocycles. The van der Waals surface area contributed by atoms with E-state index in [-0.39, 0.29) is 23.2 Å². The van der Waals surface area contributed by atoms with Gasteiger partial charge in [-0.1, -0.05) is 45.6 Å². The van der Waals surface area contributed by atoms with Crippen molar-refractivity contribution in [2.45, 2.75) is 52.9 Å². The largest absolute Gasteiger partial charge is 0.392 e. The lowest BCUT2D eigenvalue weighted by atomic mass is 9.46. The summed E-state index contributed by atoms with van der Waals surface area (Å²) in [6, 6.07) is 0. The fourth-order valence-electron chi connectivity index (χ4n) is 4.73. The van der Waals surface area contributed by atoms with Gasteiger partial charge in [0.1, 0.15) is 0 Å². The molecule has 2 aliphatic rings. The monoisotopic (exact) mass is 302 g/mol. The highest BCUT2D eigenvalue weighted by molar-refractivity contribution is 5.92. The molecule has 2 rings (SSSR count). The molecule has 2 aliphatic carbocycles. The summed E-state index contributed by atoms with van der Waals surface area (Å²) in [4.78, 5) is 12.2. The van der Waals surface area contributed by atoms with Crippen LogP contribution in [0.3, 0.4) is 0 Å². The highest BCUT2D eigenvalue weighted by Crippen LogP contribution is 2.61. The predicted molar refractivity (Wildman–Crippen MR) is 91.5 cm³/mol. The van der Waals surface area contributed by atoms with Gasteiger partial charge in [0.15, 0.2) is 5.78 Å². The highest BCUT2D eigenvalue weighted by Gasteiger charge is 2.54. The van der Waals surface area contributed by atoms with Crippen LogP contribution in [-0.4, -0.2) is 17.5 Å². The van der Waals surface area contributed by atoms with Crippen LogP contribution in [0.4, 0.5) is 0 Å². The Kier molecular flexibility index (Phi) is 4.81. The molecule has 1 saturated carbocycles. The van der Waals surface area contributed by atoms with Crippen molar-refractivity contribution in [3.63, 3.8) is 0 Å². The SMILES string of the molecule is C=CC(=C)CC[C@]1(C)[C@H](C)CC[C@@]2(C)C(CO)=CC(=O)C[C@@H]12. The van der Waals surface area contributed by atoms with Gasteiger partial charge in [-0.2, -0.15) is 0 Å². The van der Waals surface area contributed by atoms with E-state index in [1.165, 1.54) is 0 Å². The van der Waals surface area contributed by atoms with Crippen molar-refractivity contribution < 1.29 is 9.90 Å². The fourth-order valence-corrected chi connectivity index (χ4v) is 4.73. The van der Waals surface area contributed by atoms with E-state index in [0.29, 0.717) is 18.3 Å². The summed E-state index contributed by atoms with van der Waals surface area (Å²) in [5, 5.41) is 9.76. The minimum absolute atomic E-state index is 0.00255. The van der Waals surface area contributed by atoms with Crippen molar-refractivity contribution in [1.82, 2.24) is 0 Å². The molecular formula is C20H30O2. The van der Waals surface area contributed by atoms with Crippen LogP contribution in [0.5, 0.6) is 0 Å². The molecule has 0 radical (unpaired) electrons. The summed E-state index contributed by atoms with van der Waals surface area (Å²) in [6.07, 6.45) is 8.33. The second kappa shape index (κ2) is 6.16. The maximum atomic E-state index is 12.2. The maximum absolute atomic E-state index is 12.2. The van der Waals surface area contributed by atoms with E-state index in [2.05, 4.69) is 33.9 Å². The molecule has 1 N–H and O–H groups in total. The lowest BCUT2D eigenvalue weighted by Gasteiger charge is -2.57. The topological polar surface area (TPSA) is 37.3 Å². The number of fused-ring (bicyclic) bond motifs is 1. The first-order chi connectivity index (χ1) is 10.3. The summed E-state index contributed by atoms with van der Waals surface area (Å²) in [5.74, 6) is 1.06. The van der Waals surface area contributed by atoms with Crippen molar-refractivity contribution in [2.24, 2.45) is 22.7 Å². The summed E-state index contributed by atoms with van der Waals surface area (Å²) in [5.41, 5.74) is 2.07. The van der Waals surface area contributed by atoms with E-state index in [4.69, 9.17) is 0 Å². The van der Waals surface area contributed by atoms with Gasteiger partial charge < -0.3 is 5.11 Å². The van der Waals surface area contributed by atoms with Crippen LogP contribution in [0.2, 0.25) is 0 Å². The van der Waals surface area contributed by atoms with Crippen molar-refractivity contribution in [3.8, 4) is 0 Å². The first-order valence-electron chi connectivity index (χ1n) is 8.43. The quantitative estimate of drug-likeness (QED) is 0.761. The molecule has 0 aromatic carbocycles. The third-order valence-corrected chi connectivity index (χ3v) is 6.71. The van der Waals surface area contributed by atoms with Crippen LogP contribution in [0.15, 0.2) is 36.5 Å². The van der Waals surface area contributed by atoms with Crippen LogP contribution in [0.25, 0.3) is 0 Å². The van der Waals surface area contributed by atoms with E-state index >= 15 is 0 Å². The molecule has 0 aliphatic heterocycles. The van der Waals surface area contributed by atoms with E-state index in [0.717, 1.165) is 36.8 Å². The number of allylic oxidation sites excluding steroid dienone is 3. The zero-order valence-corrected chi connectivity index (χ0v) is 14.3. The number of hydrogen-bond donors (Lipinski definition) is 1. The Bertz CT molecular complexity index is 516. The average molecular weight is 302 g/mol. The number of carbonyl (C=O) groups excluding carboxylic acids is 1. The highest BCUT2D eigenvalue weighted by atomic mass is 16.3. The number of hydrogen-bond acceptors (Lipinski definition) is 2. The zero-order chi connectivity index (χ0) is 16.5. The minimum atomic E-state index is -0.0422. The van der Waals surface area contributed by atoms with Crippen LogP contribution >= 0.6 is 0 Å². The fraction of sp³-hybridized carbons (Fsp3) is 0.650. The second-order valence-corrected chi connectivity index (χ2v) is 7.78. The molecule has 2 nitrogen and oxygen atoms in total. The van der Waals surface area contributed by atoms with Crippen molar-refractivity contribution >= 4 is 5.78 Å². The van der Waals surface area contributed by atoms with Gasteiger partial charge in [0.05, 0.1) is 6.61 Å². The van der Waals surface area contributed by atoms with Gasteiger partial charge in [-0.25, -0.2) is 0 Å². The first kappa shape index (κ1) is 17.2. The predicted octanol–water partition coefficient (Wildman–Crippen LogP) is 4.46. The van der Waals surface area contributed by atoms with Crippen molar-refractivity contribution in [1.29, 1.82) is 0 Å². The standard InChI is InChI=1S/C20H30O2/c1-6-14(2)7-9-19(4)15(3)8-10-20(5)16(13-21)11-17(22)12-18(19)20/h6,11,15,18,21H,1-2,7-10,12-13H2,3-5H3/t15-,18+,19-,20+/m1/s1. The summed E-state index contributed by atoms with van der Waals surface area (Å²) in [7, 11) is 0. The number of aliphatic hydroxyl groups excluding tert-OH is 1. The van der Waals surface area contributed by atoms with Gasteiger partial charge in [0, 0.05) is 6.42 Å². The Hall–Kier alpha value is -1.15. The van der Waals surface area contributed by atoms with Crippen LogP contribution in [0, 0.1) is 22.7 Å². The Morgan fingerprint density at radius 3 is 2.77 bits per heavy atom. The number of aliphatic hydroxyl groups is 1. The van der Waals surface area contributed by atoms with Crippen LogP contribution in [0.1, 0.15) is 52.9 Å². The normalized spacial score (nSPS) is 38.2. The zero-order valence-electron chi connectivity index (χ0n) is 14.3. The Morgan fingerprint density at radius 2 is 2.18 bits per heavy atom. The van der Waals surface area contributed by atoms with Gasteiger partial charge in [-0.05, 0) is 60.0 Å². The molecule has 0 saturated heterocycles. The summed E-state index contributed by atoms with van der Waals surface area (Å²) < 4.78 is 0. The molecule has 0 heterocycles. The van der Waals surface area contributed by atoms with Gasteiger partial charge in [-0.15, -0.1) is 0 Å². The number of rotatable bonds is 5. The van der Waals surface area contributed by atoms with Gasteiger partial charge in [0.25, 0.3) is 0 Å². The lowest BCUT2D eigenvalue weighted by Crippen LogP contribution is -2.51. The molecule has 122 valence electrons. The molecule has 0 unspecified atom stereocenters. The molecule has 1 fully saturated rings. The van der Waals surface area contributed by atoms with E-state index < -0.39 is 0 Å². The Labute approximate surface area is 135 Å². The lowest BCUT2D eigenvalue weighted by molar-refractivity contribution is -0.124. The molecule has 4 atom stereocenters. The summed E-state index contributed by atoms with van der Waals surface area (Å²) >= 11 is 0. The third kappa shape index (κ3) is 2.74. The van der Waals surface area contributed by atoms with Crippen LogP contribution < -0.4 is 0 Å². The molecular weight excluding hydrogens is 272 g/mol. The number of ketones is 1. The Morgan fingerprint density at radius 1 is 1.50 bits per heavy atom. The molecule has 0 bridgehead atoms. The van der Waals surface area contributed by atoms with Crippen molar-refractivity contribution in [2.75, 3.05) is 6.61 Å². The maximum Gasteiger partial charge on any atom is 0.156 e. The molecule has 0 amide bonds. The molecule has 22 heavy (non-hydrogen) atoms. The third-order valence-electron chi connectivity index (χ3n) is 6.71. The minimum Gasteiger partial charge on any atom is -0.392 e. The van der Waals surface area contributed by atoms with Gasteiger partial charge >= 0.3 is 0 Å². The van der Waals surface area contributed by atoms with E-state index in [1.54, 1.807) is 6.08 Å². The number of carbonyl (C=O) groups is 1. The average Bonchev–Trinajstić information content (AvgIpc) is 2.50. The summed E-state index contributed by atoms with van der Waals surface area (Å²) in [6.45, 7) is 14.8.